The Labute approximate surface area is 147 Å². The molecule has 1 aliphatic carbocycles. The maximum atomic E-state index is 12.8. The molecule has 2 amide bonds. The van der Waals surface area contributed by atoms with Gasteiger partial charge in [-0.1, -0.05) is 44.5 Å². The summed E-state index contributed by atoms with van der Waals surface area (Å²) in [6.07, 6.45) is 5.94. The molecule has 2 aliphatic rings. The number of nitrogens with two attached hydrogens (primary N) is 2. The maximum absolute atomic E-state index is 12.8. The van der Waals surface area contributed by atoms with Crippen LogP contribution in [0.3, 0.4) is 0 Å². The summed E-state index contributed by atoms with van der Waals surface area (Å²) in [7, 11) is 0. The van der Waals surface area contributed by atoms with E-state index < -0.39 is 29.0 Å². The Hall–Kier alpha value is -1.37. The molecule has 0 radical (unpaired) electrons. The molecule has 0 aromatic carbocycles. The molecule has 1 fully saturated rings. The van der Waals surface area contributed by atoms with Gasteiger partial charge in [0, 0.05) is 17.4 Å². The third kappa shape index (κ3) is 3.66. The minimum atomic E-state index is -1.25. The Bertz CT molecular complexity index is 596. The molecule has 0 saturated carbocycles. The molecule has 24 heavy (non-hydrogen) atoms. The normalized spacial score (nSPS) is 31.8. The summed E-state index contributed by atoms with van der Waals surface area (Å²) in [4.78, 5) is 25.9. The second-order valence-corrected chi connectivity index (χ2v) is 8.33. The smallest absolute Gasteiger partial charge is 0.240 e. The Balaban J connectivity index is 2.26. The van der Waals surface area contributed by atoms with Crippen LogP contribution in [0.25, 0.3) is 0 Å². The number of carbonyl (C=O) groups is 2. The highest BCUT2D eigenvalue weighted by Crippen LogP contribution is 2.40. The van der Waals surface area contributed by atoms with Gasteiger partial charge in [-0.05, 0) is 17.9 Å². The highest BCUT2D eigenvalue weighted by Gasteiger charge is 2.52. The largest absolute Gasteiger partial charge is 0.387 e. The monoisotopic (exact) mass is 355 g/mol. The molecule has 0 aromatic heterocycles. The summed E-state index contributed by atoms with van der Waals surface area (Å²) >= 11 is 6.07. The fourth-order valence-corrected chi connectivity index (χ4v) is 3.47. The first-order chi connectivity index (χ1) is 11.0. The van der Waals surface area contributed by atoms with Crippen molar-refractivity contribution in [3.63, 3.8) is 0 Å². The number of hydrogen-bond donors (Lipinski definition) is 3. The molecule has 0 spiro atoms. The zero-order valence-electron chi connectivity index (χ0n) is 14.3. The summed E-state index contributed by atoms with van der Waals surface area (Å²) in [6, 6.07) is -1.65. The number of nitrogens with zero attached hydrogens (tertiary/aromatic N) is 1. The van der Waals surface area contributed by atoms with Crippen LogP contribution >= 0.6 is 11.6 Å². The van der Waals surface area contributed by atoms with Crippen molar-refractivity contribution in [2.45, 2.75) is 51.3 Å². The van der Waals surface area contributed by atoms with Crippen LogP contribution in [0.1, 0.15) is 33.6 Å². The molecule has 6 nitrogen and oxygen atoms in total. The fourth-order valence-electron chi connectivity index (χ4n) is 3.23. The predicted molar refractivity (Wildman–Crippen MR) is 92.9 cm³/mol. The second kappa shape index (κ2) is 6.50. The number of primary amides is 1. The van der Waals surface area contributed by atoms with Crippen molar-refractivity contribution >= 4 is 23.4 Å². The van der Waals surface area contributed by atoms with Gasteiger partial charge in [0.25, 0.3) is 0 Å². The lowest BCUT2D eigenvalue weighted by Gasteiger charge is -2.34. The van der Waals surface area contributed by atoms with E-state index in [1.807, 2.05) is 26.8 Å². The van der Waals surface area contributed by atoms with Gasteiger partial charge in [-0.15, -0.1) is 0 Å². The van der Waals surface area contributed by atoms with E-state index >= 15 is 0 Å². The third-order valence-corrected chi connectivity index (χ3v) is 5.18. The quantitative estimate of drug-likeness (QED) is 0.697. The van der Waals surface area contributed by atoms with Gasteiger partial charge in [-0.25, -0.2) is 0 Å². The summed E-state index contributed by atoms with van der Waals surface area (Å²) in [6.45, 7) is 5.57. The first-order valence-corrected chi connectivity index (χ1v) is 8.44. The lowest BCUT2D eigenvalue weighted by molar-refractivity contribution is -0.140. The molecule has 134 valence electrons. The van der Waals surface area contributed by atoms with Crippen LogP contribution in [-0.4, -0.2) is 46.1 Å². The number of likely N-dealkylation sites (tertiary alicyclic amines) is 1. The molecular weight excluding hydrogens is 330 g/mol. The van der Waals surface area contributed by atoms with Gasteiger partial charge in [0.1, 0.15) is 6.04 Å². The molecule has 2 rings (SSSR count). The van der Waals surface area contributed by atoms with E-state index in [0.29, 0.717) is 11.5 Å². The number of rotatable bonds is 3. The zero-order valence-corrected chi connectivity index (χ0v) is 15.1. The molecule has 1 unspecified atom stereocenters. The first kappa shape index (κ1) is 19.0. The average molecular weight is 356 g/mol. The van der Waals surface area contributed by atoms with E-state index in [2.05, 4.69) is 0 Å². The van der Waals surface area contributed by atoms with Crippen LogP contribution in [0.2, 0.25) is 0 Å². The van der Waals surface area contributed by atoms with Crippen molar-refractivity contribution in [2.24, 2.45) is 22.8 Å². The van der Waals surface area contributed by atoms with Crippen LogP contribution in [0.4, 0.5) is 0 Å². The molecule has 5 N–H and O–H groups in total. The van der Waals surface area contributed by atoms with E-state index in [1.54, 1.807) is 12.2 Å². The van der Waals surface area contributed by atoms with Crippen LogP contribution in [-0.2, 0) is 9.59 Å². The van der Waals surface area contributed by atoms with Crippen molar-refractivity contribution in [2.75, 3.05) is 6.54 Å². The summed E-state index contributed by atoms with van der Waals surface area (Å²) in [5.41, 5.74) is 9.82. The Morgan fingerprint density at radius 1 is 1.46 bits per heavy atom. The lowest BCUT2D eigenvalue weighted by atomic mass is 9.81. The van der Waals surface area contributed by atoms with E-state index in [1.165, 1.54) is 4.90 Å². The standard InChI is InChI=1S/C17H26ClN3O3/c1-16(2,3)13(19)15(23)21-9-17(24,8-12(21)14(20)22)10-5-4-6-11(18)7-10/h4-6,10,12-13,24H,7-9,19H2,1-3H3,(H2,20,22)/t10?,12-,13+,17-/m0/s1. The Morgan fingerprint density at radius 2 is 2.08 bits per heavy atom. The van der Waals surface area contributed by atoms with Crippen LogP contribution in [0.5, 0.6) is 0 Å². The fraction of sp³-hybridized carbons (Fsp3) is 0.647. The SMILES string of the molecule is CC(C)(C)[C@H](N)C(=O)N1C[C@](O)(C2C=CC=C(Cl)C2)C[C@H]1C(N)=O. The molecule has 0 aromatic rings. The topological polar surface area (TPSA) is 110 Å². The minimum absolute atomic E-state index is 0.0163. The Kier molecular flexibility index (Phi) is 5.14. The summed E-state index contributed by atoms with van der Waals surface area (Å²) < 4.78 is 0. The Morgan fingerprint density at radius 3 is 2.58 bits per heavy atom. The average Bonchev–Trinajstić information content (AvgIpc) is 2.84. The number of β-amino-alcohol motifs (C(OH)–C–C–N with tert-alkyl or cyclic N) is 1. The maximum Gasteiger partial charge on any atom is 0.240 e. The van der Waals surface area contributed by atoms with Gasteiger partial charge >= 0.3 is 0 Å². The van der Waals surface area contributed by atoms with Crippen molar-refractivity contribution in [3.05, 3.63) is 23.3 Å². The molecule has 4 atom stereocenters. The van der Waals surface area contributed by atoms with Crippen molar-refractivity contribution in [1.82, 2.24) is 4.90 Å². The van der Waals surface area contributed by atoms with Gasteiger partial charge in [0.15, 0.2) is 0 Å². The highest BCUT2D eigenvalue weighted by molar-refractivity contribution is 6.29. The van der Waals surface area contributed by atoms with Gasteiger partial charge < -0.3 is 21.5 Å². The zero-order chi connectivity index (χ0) is 18.3. The molecular formula is C17H26ClN3O3. The molecule has 1 aliphatic heterocycles. The van der Waals surface area contributed by atoms with Crippen LogP contribution < -0.4 is 11.5 Å². The number of aliphatic hydroxyl groups is 1. The van der Waals surface area contributed by atoms with E-state index in [-0.39, 0.29) is 24.8 Å². The minimum Gasteiger partial charge on any atom is -0.387 e. The van der Waals surface area contributed by atoms with Crippen molar-refractivity contribution in [3.8, 4) is 0 Å². The summed E-state index contributed by atoms with van der Waals surface area (Å²) in [5.74, 6) is -1.29. The van der Waals surface area contributed by atoms with Gasteiger partial charge in [0.05, 0.1) is 18.2 Å². The predicted octanol–water partition coefficient (Wildman–Crippen LogP) is 0.876. The second-order valence-electron chi connectivity index (χ2n) is 7.84. The number of amides is 2. The van der Waals surface area contributed by atoms with E-state index in [4.69, 9.17) is 23.1 Å². The van der Waals surface area contributed by atoms with E-state index in [9.17, 15) is 14.7 Å². The number of carbonyl (C=O) groups excluding carboxylic acids is 2. The highest BCUT2D eigenvalue weighted by atomic mass is 35.5. The number of allylic oxidation sites excluding steroid dienone is 3. The molecule has 7 heteroatoms. The summed E-state index contributed by atoms with van der Waals surface area (Å²) in [5, 5.41) is 11.7. The number of hydrogen-bond acceptors (Lipinski definition) is 4. The van der Waals surface area contributed by atoms with Crippen molar-refractivity contribution < 1.29 is 14.7 Å². The van der Waals surface area contributed by atoms with Crippen LogP contribution in [0, 0.1) is 11.3 Å². The molecule has 0 bridgehead atoms. The molecule has 1 heterocycles. The number of halogens is 1. The van der Waals surface area contributed by atoms with E-state index in [0.717, 1.165) is 0 Å². The lowest BCUT2D eigenvalue weighted by Crippen LogP contribution is -2.54. The van der Waals surface area contributed by atoms with Gasteiger partial charge in [0.2, 0.25) is 11.8 Å². The van der Waals surface area contributed by atoms with Crippen molar-refractivity contribution in [1.29, 1.82) is 0 Å². The first-order valence-electron chi connectivity index (χ1n) is 8.06. The molecule has 1 saturated heterocycles. The van der Waals surface area contributed by atoms with Gasteiger partial charge in [-0.2, -0.15) is 0 Å². The third-order valence-electron chi connectivity index (χ3n) is 4.90. The van der Waals surface area contributed by atoms with Gasteiger partial charge in [-0.3, -0.25) is 9.59 Å². The van der Waals surface area contributed by atoms with Crippen LogP contribution in [0.15, 0.2) is 23.3 Å².